The van der Waals surface area contributed by atoms with Crippen LogP contribution in [0.5, 0.6) is 0 Å². The van der Waals surface area contributed by atoms with Crippen molar-refractivity contribution in [2.45, 2.75) is 43.7 Å². The second-order valence-corrected chi connectivity index (χ2v) is 9.08. The van der Waals surface area contributed by atoms with E-state index in [1.54, 1.807) is 27.4 Å². The Hall–Kier alpha value is -1.48. The Balaban J connectivity index is 1.83. The molecule has 1 atom stereocenters. The number of nitrogens with zero attached hydrogens (tertiary/aromatic N) is 2. The van der Waals surface area contributed by atoms with E-state index in [1.807, 2.05) is 13.8 Å². The monoisotopic (exact) mass is 395 g/mol. The highest BCUT2D eigenvalue weighted by Crippen LogP contribution is 2.24. The van der Waals surface area contributed by atoms with Gasteiger partial charge in [-0.3, -0.25) is 4.79 Å². The molecule has 1 aromatic carbocycles. The fraction of sp³-hybridized carbons (Fsp3) is 0.632. The molecule has 3 rings (SSSR count). The predicted octanol–water partition coefficient (Wildman–Crippen LogP) is 1.31. The minimum Gasteiger partial charge on any atom is -0.381 e. The van der Waals surface area contributed by atoms with E-state index in [-0.39, 0.29) is 22.9 Å². The maximum absolute atomic E-state index is 13.2. The van der Waals surface area contributed by atoms with Gasteiger partial charge in [-0.2, -0.15) is 4.31 Å². The quantitative estimate of drug-likeness (QED) is 0.813. The molecule has 150 valence electrons. The van der Waals surface area contributed by atoms with Crippen molar-refractivity contribution in [1.82, 2.24) is 14.5 Å². The van der Waals surface area contributed by atoms with E-state index in [0.717, 1.165) is 6.54 Å². The van der Waals surface area contributed by atoms with Crippen molar-refractivity contribution >= 4 is 15.9 Å². The van der Waals surface area contributed by atoms with Crippen LogP contribution in [0.2, 0.25) is 0 Å². The van der Waals surface area contributed by atoms with E-state index in [1.165, 1.54) is 6.07 Å². The van der Waals surface area contributed by atoms with Crippen molar-refractivity contribution in [2.75, 3.05) is 39.4 Å². The Labute approximate surface area is 161 Å². The number of benzene rings is 1. The molecule has 2 aliphatic heterocycles. The first kappa shape index (κ1) is 20.3. The number of carbonyl (C=O) groups is 1. The van der Waals surface area contributed by atoms with Crippen molar-refractivity contribution in [1.29, 1.82) is 0 Å². The number of piperazine rings is 1. The highest BCUT2D eigenvalue weighted by atomic mass is 32.2. The summed E-state index contributed by atoms with van der Waals surface area (Å²) in [5.41, 5.74) is 0.424. The van der Waals surface area contributed by atoms with E-state index in [9.17, 15) is 13.2 Å². The Bertz CT molecular complexity index is 762. The average molecular weight is 396 g/mol. The van der Waals surface area contributed by atoms with E-state index in [2.05, 4.69) is 5.32 Å². The lowest BCUT2D eigenvalue weighted by atomic mass is 10.1. The molecule has 1 amide bonds. The topological polar surface area (TPSA) is 79.0 Å². The fourth-order valence-electron chi connectivity index (χ4n) is 3.82. The van der Waals surface area contributed by atoms with Gasteiger partial charge >= 0.3 is 0 Å². The zero-order valence-corrected chi connectivity index (χ0v) is 16.9. The van der Waals surface area contributed by atoms with Crippen LogP contribution in [0.4, 0.5) is 0 Å². The van der Waals surface area contributed by atoms with E-state index in [4.69, 9.17) is 4.74 Å². The summed E-state index contributed by atoms with van der Waals surface area (Å²) < 4.78 is 33.3. The van der Waals surface area contributed by atoms with Crippen LogP contribution >= 0.6 is 0 Å². The largest absolute Gasteiger partial charge is 0.381 e. The molecule has 8 heteroatoms. The van der Waals surface area contributed by atoms with Crippen LogP contribution in [0.1, 0.15) is 37.0 Å². The van der Waals surface area contributed by atoms with Crippen LogP contribution in [0.3, 0.4) is 0 Å². The number of carbonyl (C=O) groups excluding carboxylic acids is 1. The molecule has 2 heterocycles. The van der Waals surface area contributed by atoms with Crippen molar-refractivity contribution in [3.63, 3.8) is 0 Å². The molecule has 0 unspecified atom stereocenters. The van der Waals surface area contributed by atoms with Crippen LogP contribution in [0, 0.1) is 0 Å². The smallest absolute Gasteiger partial charge is 0.253 e. The Morgan fingerprint density at radius 1 is 1.33 bits per heavy atom. The first-order chi connectivity index (χ1) is 12.9. The molecule has 0 aromatic heterocycles. The molecule has 27 heavy (non-hydrogen) atoms. The number of hydrogen-bond acceptors (Lipinski definition) is 5. The number of ether oxygens (including phenoxy) is 1. The minimum absolute atomic E-state index is 0.0536. The number of rotatable bonds is 5. The Morgan fingerprint density at radius 3 is 2.74 bits per heavy atom. The summed E-state index contributed by atoms with van der Waals surface area (Å²) in [4.78, 5) is 14.8. The van der Waals surface area contributed by atoms with Crippen LogP contribution in [-0.4, -0.2) is 75.0 Å². The lowest BCUT2D eigenvalue weighted by Crippen LogP contribution is -2.51. The molecule has 2 fully saturated rings. The maximum atomic E-state index is 13.2. The molecule has 1 N–H and O–H groups in total. The summed E-state index contributed by atoms with van der Waals surface area (Å²) in [6.07, 6.45) is 1.40. The van der Waals surface area contributed by atoms with Gasteiger partial charge in [0.15, 0.2) is 0 Å². The molecule has 2 aliphatic rings. The molecule has 0 spiro atoms. The molecule has 0 saturated carbocycles. The first-order valence-electron chi connectivity index (χ1n) is 9.65. The number of nitrogens with one attached hydrogen (secondary N) is 1. The van der Waals surface area contributed by atoms with Gasteiger partial charge < -0.3 is 15.0 Å². The van der Waals surface area contributed by atoms with Gasteiger partial charge in [-0.1, -0.05) is 13.0 Å². The van der Waals surface area contributed by atoms with Crippen LogP contribution in [-0.2, 0) is 14.8 Å². The summed E-state index contributed by atoms with van der Waals surface area (Å²) in [6.45, 7) is 7.45. The normalized spacial score (nSPS) is 22.2. The van der Waals surface area contributed by atoms with E-state index >= 15 is 0 Å². The van der Waals surface area contributed by atoms with Gasteiger partial charge in [0.25, 0.3) is 5.91 Å². The second-order valence-electron chi connectivity index (χ2n) is 7.19. The summed E-state index contributed by atoms with van der Waals surface area (Å²) in [7, 11) is -3.65. The summed E-state index contributed by atoms with van der Waals surface area (Å²) in [6, 6.07) is 6.63. The molecular formula is C19H29N3O4S. The van der Waals surface area contributed by atoms with Gasteiger partial charge in [0.05, 0.1) is 4.90 Å². The van der Waals surface area contributed by atoms with Crippen molar-refractivity contribution < 1.29 is 17.9 Å². The van der Waals surface area contributed by atoms with Gasteiger partial charge in [0.2, 0.25) is 10.0 Å². The van der Waals surface area contributed by atoms with Gasteiger partial charge in [0.1, 0.15) is 0 Å². The third-order valence-corrected chi connectivity index (χ3v) is 7.28. The molecule has 1 aromatic rings. The third kappa shape index (κ3) is 4.51. The van der Waals surface area contributed by atoms with Crippen molar-refractivity contribution in [2.24, 2.45) is 0 Å². The van der Waals surface area contributed by atoms with Crippen LogP contribution in [0.15, 0.2) is 29.2 Å². The highest BCUT2D eigenvalue weighted by Gasteiger charge is 2.32. The van der Waals surface area contributed by atoms with Gasteiger partial charge in [0, 0.05) is 57.0 Å². The van der Waals surface area contributed by atoms with Crippen LogP contribution in [0.25, 0.3) is 0 Å². The summed E-state index contributed by atoms with van der Waals surface area (Å²) in [5, 5.41) is 3.31. The molecule has 2 saturated heterocycles. The molecule has 0 bridgehead atoms. The van der Waals surface area contributed by atoms with Gasteiger partial charge in [-0.05, 0) is 38.0 Å². The standard InChI is InChI=1S/C19H29N3O4S/c1-3-22(17-7-11-26-12-8-17)27(24,25)18-6-4-5-16(13-18)19(23)21-10-9-20-15(2)14-21/h4-6,13,15,17,20H,3,7-12,14H2,1-2H3/t15-/m1/s1. The van der Waals surface area contributed by atoms with Crippen molar-refractivity contribution in [3.05, 3.63) is 29.8 Å². The van der Waals surface area contributed by atoms with E-state index < -0.39 is 10.0 Å². The molecule has 7 nitrogen and oxygen atoms in total. The molecular weight excluding hydrogens is 366 g/mol. The van der Waals surface area contributed by atoms with Gasteiger partial charge in [-0.25, -0.2) is 8.42 Å². The minimum atomic E-state index is -3.65. The SMILES string of the molecule is CCN(C1CCOCC1)S(=O)(=O)c1cccc(C(=O)N2CCN[C@H](C)C2)c1. The van der Waals surface area contributed by atoms with Gasteiger partial charge in [-0.15, -0.1) is 0 Å². The third-order valence-electron chi connectivity index (χ3n) is 5.25. The number of amides is 1. The van der Waals surface area contributed by atoms with Crippen LogP contribution < -0.4 is 5.32 Å². The first-order valence-corrected chi connectivity index (χ1v) is 11.1. The molecule has 0 aliphatic carbocycles. The highest BCUT2D eigenvalue weighted by molar-refractivity contribution is 7.89. The summed E-state index contributed by atoms with van der Waals surface area (Å²) >= 11 is 0. The number of hydrogen-bond donors (Lipinski definition) is 1. The second kappa shape index (κ2) is 8.68. The summed E-state index contributed by atoms with van der Waals surface area (Å²) in [5.74, 6) is -0.116. The van der Waals surface area contributed by atoms with E-state index in [0.29, 0.717) is 51.3 Å². The predicted molar refractivity (Wildman–Crippen MR) is 103 cm³/mol. The lowest BCUT2D eigenvalue weighted by Gasteiger charge is -2.33. The molecule has 0 radical (unpaired) electrons. The fourth-order valence-corrected chi connectivity index (χ4v) is 5.56. The zero-order valence-electron chi connectivity index (χ0n) is 16.1. The maximum Gasteiger partial charge on any atom is 0.253 e. The Morgan fingerprint density at radius 2 is 2.07 bits per heavy atom. The average Bonchev–Trinajstić information content (AvgIpc) is 2.69. The number of sulfonamides is 1. The lowest BCUT2D eigenvalue weighted by molar-refractivity contribution is 0.0595. The van der Waals surface area contributed by atoms with Crippen molar-refractivity contribution in [3.8, 4) is 0 Å². The Kier molecular flexibility index (Phi) is 6.52. The zero-order chi connectivity index (χ0) is 19.4.